The molecule has 1 aromatic heterocycles. The van der Waals surface area contributed by atoms with Crippen LogP contribution in [0, 0.1) is 5.92 Å². The number of nitrogens with zero attached hydrogens (tertiary/aromatic N) is 3. The highest BCUT2D eigenvalue weighted by molar-refractivity contribution is 5.28. The zero-order valence-electron chi connectivity index (χ0n) is 10.5. The van der Waals surface area contributed by atoms with E-state index in [-0.39, 0.29) is 6.10 Å². The van der Waals surface area contributed by atoms with E-state index in [4.69, 9.17) is 4.74 Å². The van der Waals surface area contributed by atoms with Crippen LogP contribution in [0.5, 0.6) is 0 Å². The fraction of sp³-hybridized carbons (Fsp3) is 0.833. The van der Waals surface area contributed by atoms with E-state index in [1.54, 1.807) is 0 Å². The Labute approximate surface area is 102 Å². The molecular weight excluding hydrogens is 216 g/mol. The zero-order valence-corrected chi connectivity index (χ0v) is 10.5. The second-order valence-corrected chi connectivity index (χ2v) is 5.27. The lowest BCUT2D eigenvalue weighted by Crippen LogP contribution is -2.27. The Morgan fingerprint density at radius 1 is 1.41 bits per heavy atom. The van der Waals surface area contributed by atoms with Crippen LogP contribution < -0.4 is 5.32 Å². The molecular formula is C12H20N4O. The minimum atomic E-state index is 0.114. The molecule has 0 aromatic carbocycles. The van der Waals surface area contributed by atoms with Gasteiger partial charge in [0.05, 0.1) is 6.04 Å². The molecule has 2 aliphatic heterocycles. The van der Waals surface area contributed by atoms with Gasteiger partial charge in [-0.25, -0.2) is 4.68 Å². The van der Waals surface area contributed by atoms with E-state index in [9.17, 15) is 0 Å². The molecule has 0 radical (unpaired) electrons. The average molecular weight is 236 g/mol. The Kier molecular flexibility index (Phi) is 2.78. The lowest BCUT2D eigenvalue weighted by Gasteiger charge is -2.27. The molecule has 0 bridgehead atoms. The van der Waals surface area contributed by atoms with Crippen LogP contribution in [-0.4, -0.2) is 27.9 Å². The van der Waals surface area contributed by atoms with Crippen molar-refractivity contribution in [3.63, 3.8) is 0 Å². The number of aromatic nitrogens is 3. The quantitative estimate of drug-likeness (QED) is 0.854. The molecule has 0 aliphatic carbocycles. The molecule has 1 aromatic rings. The summed E-state index contributed by atoms with van der Waals surface area (Å²) in [7, 11) is 0. The molecule has 17 heavy (non-hydrogen) atoms. The van der Waals surface area contributed by atoms with Gasteiger partial charge in [-0.3, -0.25) is 0 Å². The van der Waals surface area contributed by atoms with Crippen molar-refractivity contribution in [1.82, 2.24) is 14.8 Å². The monoisotopic (exact) mass is 236 g/mol. The smallest absolute Gasteiger partial charge is 0.221 e. The van der Waals surface area contributed by atoms with Gasteiger partial charge in [0.2, 0.25) is 5.95 Å². The van der Waals surface area contributed by atoms with Crippen LogP contribution in [0.3, 0.4) is 0 Å². The maximum Gasteiger partial charge on any atom is 0.221 e. The number of nitrogens with one attached hydrogen (secondary N) is 1. The normalized spacial score (nSPS) is 28.2. The second-order valence-electron chi connectivity index (χ2n) is 5.27. The van der Waals surface area contributed by atoms with Crippen LogP contribution in [0.15, 0.2) is 0 Å². The van der Waals surface area contributed by atoms with Crippen LogP contribution >= 0.6 is 0 Å². The van der Waals surface area contributed by atoms with Crippen molar-refractivity contribution in [3.8, 4) is 0 Å². The van der Waals surface area contributed by atoms with Crippen molar-refractivity contribution in [3.05, 3.63) is 5.82 Å². The molecule has 3 rings (SSSR count). The summed E-state index contributed by atoms with van der Waals surface area (Å²) in [6.45, 7) is 6.32. The Morgan fingerprint density at radius 3 is 3.00 bits per heavy atom. The maximum atomic E-state index is 5.65. The fourth-order valence-electron chi connectivity index (χ4n) is 2.68. The molecule has 94 valence electrons. The summed E-state index contributed by atoms with van der Waals surface area (Å²) in [6, 6.07) is 0.467. The van der Waals surface area contributed by atoms with E-state index >= 15 is 0 Å². The highest BCUT2D eigenvalue weighted by Gasteiger charge is 2.29. The van der Waals surface area contributed by atoms with Crippen molar-refractivity contribution in [2.75, 3.05) is 18.5 Å². The molecule has 1 saturated heterocycles. The van der Waals surface area contributed by atoms with Crippen LogP contribution in [0.4, 0.5) is 5.95 Å². The van der Waals surface area contributed by atoms with Gasteiger partial charge in [0.25, 0.3) is 0 Å². The summed E-state index contributed by atoms with van der Waals surface area (Å²) in [5.41, 5.74) is 0. The molecule has 2 unspecified atom stereocenters. The van der Waals surface area contributed by atoms with Crippen molar-refractivity contribution in [2.24, 2.45) is 5.92 Å². The molecule has 0 spiro atoms. The molecule has 1 fully saturated rings. The largest absolute Gasteiger partial charge is 0.370 e. The zero-order chi connectivity index (χ0) is 11.8. The molecule has 5 nitrogen and oxygen atoms in total. The standard InChI is InChI=1S/C12H20N4O/c1-8(2)9-5-6-13-12-14-11(15-16(9)12)10-4-3-7-17-10/h8-10H,3-7H2,1-2H3,(H,13,14,15). The van der Waals surface area contributed by atoms with E-state index < -0.39 is 0 Å². The first-order chi connectivity index (χ1) is 8.25. The molecule has 0 amide bonds. The summed E-state index contributed by atoms with van der Waals surface area (Å²) >= 11 is 0. The topological polar surface area (TPSA) is 52.0 Å². The highest BCUT2D eigenvalue weighted by Crippen LogP contribution is 2.32. The second kappa shape index (κ2) is 4.29. The summed E-state index contributed by atoms with van der Waals surface area (Å²) in [4.78, 5) is 4.58. The first-order valence-electron chi connectivity index (χ1n) is 6.57. The van der Waals surface area contributed by atoms with Gasteiger partial charge in [-0.05, 0) is 25.2 Å². The van der Waals surface area contributed by atoms with E-state index in [1.807, 2.05) is 0 Å². The number of hydrogen-bond donors (Lipinski definition) is 1. The average Bonchev–Trinajstić information content (AvgIpc) is 2.96. The van der Waals surface area contributed by atoms with Gasteiger partial charge in [0, 0.05) is 13.2 Å². The Morgan fingerprint density at radius 2 is 2.29 bits per heavy atom. The summed E-state index contributed by atoms with van der Waals surface area (Å²) in [5, 5.41) is 7.98. The van der Waals surface area contributed by atoms with E-state index in [1.165, 1.54) is 0 Å². The maximum absolute atomic E-state index is 5.65. The third kappa shape index (κ3) is 1.92. The Bertz CT molecular complexity index is 395. The third-order valence-electron chi connectivity index (χ3n) is 3.67. The van der Waals surface area contributed by atoms with Gasteiger partial charge in [-0.1, -0.05) is 13.8 Å². The first-order valence-corrected chi connectivity index (χ1v) is 6.57. The predicted molar refractivity (Wildman–Crippen MR) is 64.9 cm³/mol. The number of fused-ring (bicyclic) bond motifs is 1. The van der Waals surface area contributed by atoms with Gasteiger partial charge in [-0.2, -0.15) is 10.1 Å². The Balaban J connectivity index is 1.89. The SMILES string of the molecule is CC(C)C1CCNc2nc(C3CCCO3)nn21. The molecule has 2 atom stereocenters. The minimum absolute atomic E-state index is 0.114. The molecule has 2 aliphatic rings. The number of anilines is 1. The van der Waals surface area contributed by atoms with Crippen molar-refractivity contribution >= 4 is 5.95 Å². The molecule has 3 heterocycles. The van der Waals surface area contributed by atoms with Gasteiger partial charge in [-0.15, -0.1) is 0 Å². The highest BCUT2D eigenvalue weighted by atomic mass is 16.5. The Hall–Kier alpha value is -1.10. The summed E-state index contributed by atoms with van der Waals surface area (Å²) < 4.78 is 7.71. The van der Waals surface area contributed by atoms with E-state index in [0.717, 1.165) is 44.2 Å². The van der Waals surface area contributed by atoms with Gasteiger partial charge in [0.1, 0.15) is 6.10 Å². The van der Waals surface area contributed by atoms with Gasteiger partial charge in [0.15, 0.2) is 5.82 Å². The summed E-state index contributed by atoms with van der Waals surface area (Å²) in [5.74, 6) is 2.37. The number of ether oxygens (including phenoxy) is 1. The van der Waals surface area contributed by atoms with Gasteiger partial charge < -0.3 is 10.1 Å². The number of hydrogen-bond acceptors (Lipinski definition) is 4. The van der Waals surface area contributed by atoms with E-state index in [2.05, 4.69) is 33.9 Å². The van der Waals surface area contributed by atoms with Crippen molar-refractivity contribution in [2.45, 2.75) is 45.3 Å². The number of rotatable bonds is 2. The lowest BCUT2D eigenvalue weighted by atomic mass is 10.0. The van der Waals surface area contributed by atoms with Gasteiger partial charge >= 0.3 is 0 Å². The van der Waals surface area contributed by atoms with Crippen LogP contribution in [0.25, 0.3) is 0 Å². The molecule has 5 heteroatoms. The van der Waals surface area contributed by atoms with E-state index in [0.29, 0.717) is 12.0 Å². The predicted octanol–water partition coefficient (Wildman–Crippen LogP) is 2.14. The minimum Gasteiger partial charge on any atom is -0.370 e. The van der Waals surface area contributed by atoms with Crippen LogP contribution in [0.1, 0.15) is 51.1 Å². The molecule has 1 N–H and O–H groups in total. The fourth-order valence-corrected chi connectivity index (χ4v) is 2.68. The van der Waals surface area contributed by atoms with Crippen molar-refractivity contribution < 1.29 is 4.74 Å². The first kappa shape index (κ1) is 11.0. The van der Waals surface area contributed by atoms with Crippen molar-refractivity contribution in [1.29, 1.82) is 0 Å². The van der Waals surface area contributed by atoms with Crippen LogP contribution in [0.2, 0.25) is 0 Å². The molecule has 0 saturated carbocycles. The summed E-state index contributed by atoms with van der Waals surface area (Å²) in [6.07, 6.45) is 3.41. The lowest BCUT2D eigenvalue weighted by molar-refractivity contribution is 0.104. The van der Waals surface area contributed by atoms with Crippen LogP contribution in [-0.2, 0) is 4.74 Å². The third-order valence-corrected chi connectivity index (χ3v) is 3.67.